The highest BCUT2D eigenvalue weighted by atomic mass is 16.7. The van der Waals surface area contributed by atoms with E-state index in [0.29, 0.717) is 12.8 Å². The molecule has 48 heavy (non-hydrogen) atoms. The molecule has 0 radical (unpaired) electrons. The fraction of sp³-hybridized carbons (Fsp3) is 0.676. The lowest BCUT2D eigenvalue weighted by Gasteiger charge is -2.42. The Hall–Kier alpha value is -2.63. The Labute approximate surface area is 279 Å². The fourth-order valence-corrected chi connectivity index (χ4v) is 6.71. The second-order valence-electron chi connectivity index (χ2n) is 13.1. The number of unbranched alkanes of at least 4 members (excludes halogenated alkanes) is 2. The van der Waals surface area contributed by atoms with Crippen molar-refractivity contribution in [3.05, 3.63) is 46.6 Å². The summed E-state index contributed by atoms with van der Waals surface area (Å²) in [5, 5.41) is 94.0. The molecule has 2 fully saturated rings. The summed E-state index contributed by atoms with van der Waals surface area (Å²) in [6, 6.07) is 1.50. The third-order valence-corrected chi connectivity index (χ3v) is 9.51. The molecule has 0 amide bonds. The number of hydrogen-bond acceptors (Lipinski definition) is 13. The second-order valence-corrected chi connectivity index (χ2v) is 13.1. The maximum atomic E-state index is 13.1. The van der Waals surface area contributed by atoms with Crippen molar-refractivity contribution in [1.82, 2.24) is 0 Å². The summed E-state index contributed by atoms with van der Waals surface area (Å²) in [4.78, 5) is 13.1. The van der Waals surface area contributed by atoms with E-state index in [1.807, 2.05) is 26.8 Å². The second kappa shape index (κ2) is 16.4. The predicted molar refractivity (Wildman–Crippen MR) is 169 cm³/mol. The van der Waals surface area contributed by atoms with Gasteiger partial charge < -0.3 is 64.9 Å². The molecule has 3 unspecified atom stereocenters. The number of carboxylic acid groups (broad SMARTS) is 1. The van der Waals surface area contributed by atoms with Crippen molar-refractivity contribution in [2.45, 2.75) is 127 Å². The van der Waals surface area contributed by atoms with Crippen LogP contribution in [0.4, 0.5) is 0 Å². The highest BCUT2D eigenvalue weighted by Gasteiger charge is 2.48. The number of aryl methyl sites for hydroxylation is 1. The van der Waals surface area contributed by atoms with Crippen LogP contribution in [0.5, 0.6) is 11.5 Å². The highest BCUT2D eigenvalue weighted by molar-refractivity contribution is 5.94. The molecule has 0 bridgehead atoms. The van der Waals surface area contributed by atoms with Crippen molar-refractivity contribution in [1.29, 1.82) is 0 Å². The van der Waals surface area contributed by atoms with Crippen molar-refractivity contribution >= 4 is 5.97 Å². The molecule has 3 aliphatic rings. The maximum Gasteiger partial charge on any atom is 0.339 e. The Balaban J connectivity index is 1.99. The number of benzene rings is 1. The topological polar surface area (TPSA) is 236 Å². The summed E-state index contributed by atoms with van der Waals surface area (Å²) < 4.78 is 23.8. The standard InChI is InChI=1S/C34H50O14/c1-5-6-7-8-17-12-20(45-33-29(41)27(39)25(37)21(13-35)46-33)24(19-11-16(4)9-10-18(19)15(2)3)31(23(17)32(43)44)48-34-30(42)28(40)26(38)22(14-36)47-34/h11-12,18-19,21-22,25-30,33-42H,2,5-10,13-14H2,1,3-4H3,(H,43,44)/t18-,19?,21+,22+,25+,26+,27-,28-,29+,30+,33?,34?/m0/s1. The summed E-state index contributed by atoms with van der Waals surface area (Å²) in [5.41, 5.74) is 1.90. The van der Waals surface area contributed by atoms with Crippen molar-refractivity contribution in [2.24, 2.45) is 5.92 Å². The van der Waals surface area contributed by atoms with E-state index >= 15 is 0 Å². The monoisotopic (exact) mass is 682 g/mol. The number of ether oxygens (including phenoxy) is 4. The highest BCUT2D eigenvalue weighted by Crippen LogP contribution is 2.50. The summed E-state index contributed by atoms with van der Waals surface area (Å²) in [6.07, 6.45) is -10.9. The number of aliphatic hydroxyl groups excluding tert-OH is 8. The zero-order chi connectivity index (χ0) is 35.4. The van der Waals surface area contributed by atoms with Crippen LogP contribution < -0.4 is 9.47 Å². The lowest BCUT2D eigenvalue weighted by molar-refractivity contribution is -0.279. The summed E-state index contributed by atoms with van der Waals surface area (Å²) >= 11 is 0. The Morgan fingerprint density at radius 2 is 1.46 bits per heavy atom. The van der Waals surface area contributed by atoms with Crippen molar-refractivity contribution in [3.63, 3.8) is 0 Å². The van der Waals surface area contributed by atoms with Gasteiger partial charge in [0.05, 0.1) is 13.2 Å². The molecule has 2 heterocycles. The molecule has 9 N–H and O–H groups in total. The maximum absolute atomic E-state index is 13.1. The summed E-state index contributed by atoms with van der Waals surface area (Å²) in [5.74, 6) is -2.56. The first-order chi connectivity index (χ1) is 22.7. The van der Waals surface area contributed by atoms with Crippen molar-refractivity contribution < 1.29 is 69.7 Å². The first kappa shape index (κ1) is 38.2. The van der Waals surface area contributed by atoms with Crippen LogP contribution in [0.15, 0.2) is 29.9 Å². The van der Waals surface area contributed by atoms with E-state index in [1.165, 1.54) is 6.07 Å². The van der Waals surface area contributed by atoms with Crippen LogP contribution in [0.3, 0.4) is 0 Å². The number of aliphatic hydroxyl groups is 8. The molecule has 1 aromatic carbocycles. The van der Waals surface area contributed by atoms with Crippen LogP contribution in [0, 0.1) is 5.92 Å². The van der Waals surface area contributed by atoms with Crippen LogP contribution >= 0.6 is 0 Å². The summed E-state index contributed by atoms with van der Waals surface area (Å²) in [7, 11) is 0. The van der Waals surface area contributed by atoms with Crippen LogP contribution in [-0.4, -0.2) is 127 Å². The minimum Gasteiger partial charge on any atom is -0.478 e. The van der Waals surface area contributed by atoms with Gasteiger partial charge in [-0.15, -0.1) is 0 Å². The van der Waals surface area contributed by atoms with E-state index in [9.17, 15) is 50.8 Å². The molecule has 12 atom stereocenters. The third kappa shape index (κ3) is 7.88. The molecular weight excluding hydrogens is 632 g/mol. The smallest absolute Gasteiger partial charge is 0.339 e. The fourth-order valence-electron chi connectivity index (χ4n) is 6.71. The van der Waals surface area contributed by atoms with Gasteiger partial charge in [0.2, 0.25) is 12.6 Å². The number of aromatic carboxylic acids is 1. The lowest BCUT2D eigenvalue weighted by Crippen LogP contribution is -2.60. The van der Waals surface area contributed by atoms with Gasteiger partial charge in [-0.2, -0.15) is 0 Å². The molecule has 4 rings (SSSR count). The third-order valence-electron chi connectivity index (χ3n) is 9.51. The van der Waals surface area contributed by atoms with Gasteiger partial charge >= 0.3 is 5.97 Å². The molecule has 270 valence electrons. The largest absolute Gasteiger partial charge is 0.478 e. The molecule has 14 heteroatoms. The molecule has 14 nitrogen and oxygen atoms in total. The minimum absolute atomic E-state index is 0.00220. The van der Waals surface area contributed by atoms with Gasteiger partial charge in [0.25, 0.3) is 0 Å². The van der Waals surface area contributed by atoms with Crippen LogP contribution in [0.1, 0.15) is 80.3 Å². The van der Waals surface area contributed by atoms with Gasteiger partial charge in [0.1, 0.15) is 65.9 Å². The molecule has 2 saturated heterocycles. The quantitative estimate of drug-likeness (QED) is 0.102. The SMILES string of the molecule is C=C(C)[C@@H]1CCC(C)=CC1c1c(OC2O[C@H](CO)[C@@H](O)[C@H](O)[C@H]2O)cc(CCCCC)c(C(=O)O)c1OC1O[C@H](CO)[C@@H](O)[C@H](O)[C@H]1O. The molecule has 0 aromatic heterocycles. The molecular formula is C34H50O14. The van der Waals surface area contributed by atoms with Gasteiger partial charge in [-0.3, -0.25) is 0 Å². The van der Waals surface area contributed by atoms with E-state index in [0.717, 1.165) is 30.4 Å². The number of carbonyl (C=O) groups is 1. The molecule has 1 aromatic rings. The van der Waals surface area contributed by atoms with E-state index in [1.54, 1.807) is 0 Å². The Kier molecular flexibility index (Phi) is 13.0. The molecule has 1 aliphatic carbocycles. The average Bonchev–Trinajstić information content (AvgIpc) is 3.04. The Morgan fingerprint density at radius 3 is 1.96 bits per heavy atom. The lowest BCUT2D eigenvalue weighted by atomic mass is 9.73. The van der Waals surface area contributed by atoms with Crippen LogP contribution in [0.2, 0.25) is 0 Å². The molecule has 0 spiro atoms. The van der Waals surface area contributed by atoms with Gasteiger partial charge in [0, 0.05) is 11.5 Å². The molecule has 0 saturated carbocycles. The van der Waals surface area contributed by atoms with Gasteiger partial charge in [-0.1, -0.05) is 43.6 Å². The number of rotatable bonds is 13. The average molecular weight is 683 g/mol. The van der Waals surface area contributed by atoms with Crippen molar-refractivity contribution in [3.8, 4) is 11.5 Å². The van der Waals surface area contributed by atoms with Crippen molar-refractivity contribution in [2.75, 3.05) is 13.2 Å². The zero-order valence-corrected chi connectivity index (χ0v) is 27.5. The van der Waals surface area contributed by atoms with Gasteiger partial charge in [0.15, 0.2) is 0 Å². The van der Waals surface area contributed by atoms with E-state index in [-0.39, 0.29) is 40.5 Å². The number of allylic oxidation sites excluding steroid dienone is 3. The first-order valence-corrected chi connectivity index (χ1v) is 16.5. The first-order valence-electron chi connectivity index (χ1n) is 16.5. The summed E-state index contributed by atoms with van der Waals surface area (Å²) in [6.45, 7) is 8.45. The predicted octanol–water partition coefficient (Wildman–Crippen LogP) is 0.491. The minimum atomic E-state index is -1.86. The van der Waals surface area contributed by atoms with Gasteiger partial charge in [-0.05, 0) is 57.1 Å². The molecule has 2 aliphatic heterocycles. The van der Waals surface area contributed by atoms with E-state index in [2.05, 4.69) is 6.58 Å². The van der Waals surface area contributed by atoms with Crippen LogP contribution in [0.25, 0.3) is 0 Å². The number of carboxylic acids is 1. The van der Waals surface area contributed by atoms with E-state index in [4.69, 9.17) is 18.9 Å². The van der Waals surface area contributed by atoms with Gasteiger partial charge in [-0.25, -0.2) is 4.79 Å². The van der Waals surface area contributed by atoms with E-state index < -0.39 is 86.5 Å². The zero-order valence-electron chi connectivity index (χ0n) is 27.5. The Bertz CT molecular complexity index is 1310. The normalized spacial score (nSPS) is 35.5. The Morgan fingerprint density at radius 1 is 0.896 bits per heavy atom. The van der Waals surface area contributed by atoms with Crippen LogP contribution in [-0.2, 0) is 15.9 Å². The number of hydrogen-bond donors (Lipinski definition) is 9.